The second-order valence-electron chi connectivity index (χ2n) is 11.9. The molecule has 0 atom stereocenters. The van der Waals surface area contributed by atoms with Crippen molar-refractivity contribution in [3.05, 3.63) is 157 Å². The van der Waals surface area contributed by atoms with Crippen LogP contribution in [0.4, 0.5) is 0 Å². The van der Waals surface area contributed by atoms with Crippen molar-refractivity contribution < 1.29 is 20.9 Å². The van der Waals surface area contributed by atoms with Gasteiger partial charge < -0.3 is 8.82 Å². The number of nitrogens with zero attached hydrogens (tertiary/aromatic N) is 4. The first-order valence-corrected chi connectivity index (χ1v) is 15.8. The van der Waals surface area contributed by atoms with E-state index in [2.05, 4.69) is 0 Å². The minimum Gasteiger partial charge on any atom is -0.455 e. The van der Waals surface area contributed by atoms with Crippen molar-refractivity contribution >= 4 is 60.0 Å². The van der Waals surface area contributed by atoms with Gasteiger partial charge in [-0.05, 0) is 41.4 Å². The van der Waals surface area contributed by atoms with E-state index in [0.29, 0.717) is 28.6 Å². The van der Waals surface area contributed by atoms with Crippen LogP contribution in [0.2, 0.25) is 0 Å². The largest absolute Gasteiger partial charge is 0.455 e. The molecule has 0 saturated carbocycles. The summed E-state index contributed by atoms with van der Waals surface area (Å²) in [5.41, 5.74) is 2.31. The highest BCUT2D eigenvalue weighted by Crippen LogP contribution is 2.47. The van der Waals surface area contributed by atoms with Crippen molar-refractivity contribution in [2.75, 3.05) is 0 Å². The summed E-state index contributed by atoms with van der Waals surface area (Å²) in [7, 11) is 0. The molecule has 5 heteroatoms. The normalized spacial score (nSPS) is 15.4. The van der Waals surface area contributed by atoms with Crippen LogP contribution in [0.3, 0.4) is 0 Å². The number of para-hydroxylation sites is 2. The van der Waals surface area contributed by atoms with Crippen molar-refractivity contribution in [2.24, 2.45) is 0 Å². The molecular formula is C45H26N4O. The van der Waals surface area contributed by atoms with Crippen molar-refractivity contribution in [3.8, 4) is 45.3 Å². The summed E-state index contributed by atoms with van der Waals surface area (Å²) in [6.45, 7) is 0. The second kappa shape index (κ2) is 10.3. The van der Waals surface area contributed by atoms with Gasteiger partial charge in [0.05, 0.1) is 38.4 Å². The lowest BCUT2D eigenvalue weighted by Crippen LogP contribution is -2.00. The standard InChI is InChI=1S/C45H26N4O/c1-3-13-27(14-4-1)43-46-44(28-15-5-2-6-16-28)48-45(47-43)30-18-11-17-29(25-30)31-21-12-24-38-39(31)35-26-34-32-19-7-9-22-36(32)49-37-23-10-8-20-33(37)40(41(34)49)42(35)50-38/h1-26H/i7D,8D,9D,10D,12D,19D,20D,21D,22D,23D,24D,26D. The third-order valence-corrected chi connectivity index (χ3v) is 9.09. The molecule has 5 nitrogen and oxygen atoms in total. The van der Waals surface area contributed by atoms with Crippen LogP contribution in [0.1, 0.15) is 16.4 Å². The maximum Gasteiger partial charge on any atom is 0.164 e. The Kier molecular flexibility index (Phi) is 3.73. The molecule has 232 valence electrons. The zero-order chi connectivity index (χ0) is 43.2. The highest BCUT2D eigenvalue weighted by Gasteiger charge is 2.24. The third-order valence-electron chi connectivity index (χ3n) is 9.09. The molecule has 0 unspecified atom stereocenters. The average Bonchev–Trinajstić information content (AvgIpc) is 3.97. The van der Waals surface area contributed by atoms with E-state index in [1.54, 1.807) is 24.3 Å². The summed E-state index contributed by atoms with van der Waals surface area (Å²) >= 11 is 0. The summed E-state index contributed by atoms with van der Waals surface area (Å²) in [6, 6.07) is 20.3. The predicted molar refractivity (Wildman–Crippen MR) is 204 cm³/mol. The molecule has 0 fully saturated rings. The van der Waals surface area contributed by atoms with Gasteiger partial charge in [0.1, 0.15) is 11.2 Å². The molecular weight excluding hydrogens is 613 g/mol. The van der Waals surface area contributed by atoms with E-state index in [9.17, 15) is 2.74 Å². The number of hydrogen-bond acceptors (Lipinski definition) is 4. The van der Waals surface area contributed by atoms with Gasteiger partial charge in [0, 0.05) is 43.6 Å². The van der Waals surface area contributed by atoms with E-state index < -0.39 is 60.4 Å². The van der Waals surface area contributed by atoms with Crippen LogP contribution < -0.4 is 0 Å². The van der Waals surface area contributed by atoms with E-state index >= 15 is 0 Å². The fraction of sp³-hybridized carbons (Fsp3) is 0. The highest BCUT2D eigenvalue weighted by molar-refractivity contribution is 6.33. The number of benzene rings is 7. The zero-order valence-electron chi connectivity index (χ0n) is 37.8. The Bertz CT molecular complexity index is 3720. The third kappa shape index (κ3) is 3.86. The number of hydrogen-bond donors (Lipinski definition) is 0. The van der Waals surface area contributed by atoms with E-state index in [1.807, 2.05) is 60.7 Å². The molecule has 0 amide bonds. The predicted octanol–water partition coefficient (Wildman–Crippen LogP) is 11.6. The van der Waals surface area contributed by atoms with Gasteiger partial charge >= 0.3 is 0 Å². The lowest BCUT2D eigenvalue weighted by Gasteiger charge is -2.10. The molecule has 7 aromatic carbocycles. The Balaban J connectivity index is 1.29. The Morgan fingerprint density at radius 1 is 0.500 bits per heavy atom. The number of fused-ring (bicyclic) bond motifs is 10. The van der Waals surface area contributed by atoms with E-state index in [0.717, 1.165) is 11.1 Å². The van der Waals surface area contributed by atoms with Crippen molar-refractivity contribution in [1.29, 1.82) is 0 Å². The van der Waals surface area contributed by atoms with Crippen LogP contribution in [0.5, 0.6) is 0 Å². The van der Waals surface area contributed by atoms with E-state index in [1.165, 1.54) is 4.40 Å². The van der Waals surface area contributed by atoms with Gasteiger partial charge in [-0.1, -0.05) is 127 Å². The Hall–Kier alpha value is -6.85. The molecule has 0 N–H and O–H groups in total. The van der Waals surface area contributed by atoms with Gasteiger partial charge in [-0.2, -0.15) is 0 Å². The highest BCUT2D eigenvalue weighted by atomic mass is 16.3. The molecule has 0 aliphatic heterocycles. The molecule has 4 aromatic heterocycles. The molecule has 11 rings (SSSR count). The lowest BCUT2D eigenvalue weighted by molar-refractivity contribution is 0.673. The van der Waals surface area contributed by atoms with Gasteiger partial charge in [0.2, 0.25) is 0 Å². The fourth-order valence-corrected chi connectivity index (χ4v) is 6.93. The Morgan fingerprint density at radius 2 is 1.10 bits per heavy atom. The van der Waals surface area contributed by atoms with Gasteiger partial charge in [0.15, 0.2) is 17.5 Å². The summed E-state index contributed by atoms with van der Waals surface area (Å²) < 4.78 is 116. The topological polar surface area (TPSA) is 56.2 Å². The molecule has 0 bridgehead atoms. The number of rotatable bonds is 4. The molecule has 4 heterocycles. The summed E-state index contributed by atoms with van der Waals surface area (Å²) in [5.74, 6) is 1.16. The van der Waals surface area contributed by atoms with Gasteiger partial charge in [-0.3, -0.25) is 0 Å². The van der Waals surface area contributed by atoms with Crippen molar-refractivity contribution in [1.82, 2.24) is 19.4 Å². The molecule has 0 saturated heterocycles. The van der Waals surface area contributed by atoms with Gasteiger partial charge in [-0.15, -0.1) is 0 Å². The maximum absolute atomic E-state index is 9.89. The average molecular weight is 651 g/mol. The molecule has 0 spiro atoms. The quantitative estimate of drug-likeness (QED) is 0.190. The summed E-state index contributed by atoms with van der Waals surface area (Å²) in [4.78, 5) is 14.5. The monoisotopic (exact) mass is 650 g/mol. The van der Waals surface area contributed by atoms with Crippen LogP contribution in [0.15, 0.2) is 162 Å². The van der Waals surface area contributed by atoms with Crippen molar-refractivity contribution in [2.45, 2.75) is 0 Å². The minimum atomic E-state index is -0.567. The van der Waals surface area contributed by atoms with E-state index in [-0.39, 0.29) is 77.7 Å². The van der Waals surface area contributed by atoms with Gasteiger partial charge in [0.25, 0.3) is 0 Å². The lowest BCUT2D eigenvalue weighted by atomic mass is 9.96. The SMILES string of the molecule is [2H]c1c([2H])c(-c2cccc(-c3nc(-c4ccccc4)nc(-c4ccccc4)n3)c2)c2c(oc3c2c([2H])c2c4c([2H])c([2H])c([2H])c([2H])c4n4c5c([2H])c([2H])c([2H])c([2H])c5c3c24)c1[2H]. The zero-order valence-corrected chi connectivity index (χ0v) is 25.8. The van der Waals surface area contributed by atoms with Crippen LogP contribution in [-0.4, -0.2) is 19.4 Å². The fourth-order valence-electron chi connectivity index (χ4n) is 6.93. The van der Waals surface area contributed by atoms with Crippen LogP contribution in [-0.2, 0) is 0 Å². The van der Waals surface area contributed by atoms with Crippen LogP contribution in [0.25, 0.3) is 105 Å². The van der Waals surface area contributed by atoms with Crippen molar-refractivity contribution in [3.63, 3.8) is 0 Å². The first-order valence-electron chi connectivity index (χ1n) is 21.8. The van der Waals surface area contributed by atoms with Gasteiger partial charge in [-0.25, -0.2) is 15.0 Å². The first kappa shape index (κ1) is 18.1. The number of aromatic nitrogens is 4. The Labute approximate surface area is 302 Å². The van der Waals surface area contributed by atoms with Crippen LogP contribution >= 0.6 is 0 Å². The van der Waals surface area contributed by atoms with Crippen LogP contribution in [0, 0.1) is 0 Å². The second-order valence-corrected chi connectivity index (χ2v) is 11.9. The first-order chi connectivity index (χ1) is 29.8. The summed E-state index contributed by atoms with van der Waals surface area (Å²) in [6.07, 6.45) is 0. The molecule has 50 heavy (non-hydrogen) atoms. The summed E-state index contributed by atoms with van der Waals surface area (Å²) in [5, 5.41) is 0.219. The van der Waals surface area contributed by atoms with E-state index in [4.69, 9.17) is 33.1 Å². The molecule has 0 aliphatic carbocycles. The maximum atomic E-state index is 9.89. The Morgan fingerprint density at radius 3 is 1.82 bits per heavy atom. The molecule has 0 radical (unpaired) electrons. The smallest absolute Gasteiger partial charge is 0.164 e. The minimum absolute atomic E-state index is 0.0140. The molecule has 0 aliphatic rings. The number of furan rings is 1. The molecule has 11 aromatic rings.